The number of nitrogens with zero attached hydrogens (tertiary/aromatic N) is 1. The summed E-state index contributed by atoms with van der Waals surface area (Å²) < 4.78 is 5.62. The number of ether oxygens (including phenoxy) is 1. The SMILES string of the molecule is O=C(COc1ccc2c(c1)CCC(=O)N2)Nc1ccc(N2CCCCC2)cc1. The number of aryl methyl sites for hydroxylation is 1. The summed E-state index contributed by atoms with van der Waals surface area (Å²) in [5.74, 6) is 0.467. The Morgan fingerprint density at radius 1 is 1.04 bits per heavy atom. The highest BCUT2D eigenvalue weighted by Gasteiger charge is 2.15. The number of piperidine rings is 1. The third-order valence-corrected chi connectivity index (χ3v) is 5.21. The molecule has 0 unspecified atom stereocenters. The molecular formula is C22H25N3O3. The molecule has 0 aliphatic carbocycles. The standard InChI is InChI=1S/C22H25N3O3/c26-21-11-4-16-14-19(9-10-20(16)24-21)28-15-22(27)23-17-5-7-18(8-6-17)25-12-2-1-3-13-25/h5-10,14H,1-4,11-13,15H2,(H,23,27)(H,24,26). The van der Waals surface area contributed by atoms with Gasteiger partial charge in [0.05, 0.1) is 0 Å². The highest BCUT2D eigenvalue weighted by atomic mass is 16.5. The van der Waals surface area contributed by atoms with Gasteiger partial charge in [0, 0.05) is 36.6 Å². The molecule has 2 aliphatic heterocycles. The van der Waals surface area contributed by atoms with Crippen LogP contribution in [-0.2, 0) is 16.0 Å². The molecule has 2 aromatic rings. The van der Waals surface area contributed by atoms with Crippen molar-refractivity contribution in [2.24, 2.45) is 0 Å². The summed E-state index contributed by atoms with van der Waals surface area (Å²) in [6, 6.07) is 13.4. The minimum absolute atomic E-state index is 0.0341. The molecule has 2 N–H and O–H groups in total. The first-order chi connectivity index (χ1) is 13.7. The molecular weight excluding hydrogens is 354 g/mol. The second-order valence-electron chi connectivity index (χ2n) is 7.30. The van der Waals surface area contributed by atoms with Crippen LogP contribution >= 0.6 is 0 Å². The maximum atomic E-state index is 12.2. The fourth-order valence-corrected chi connectivity index (χ4v) is 3.70. The van der Waals surface area contributed by atoms with Crippen LogP contribution in [-0.4, -0.2) is 31.5 Å². The summed E-state index contributed by atoms with van der Waals surface area (Å²) in [5.41, 5.74) is 3.82. The monoisotopic (exact) mass is 379 g/mol. The van der Waals surface area contributed by atoms with Crippen molar-refractivity contribution in [3.05, 3.63) is 48.0 Å². The molecule has 1 fully saturated rings. The number of anilines is 3. The van der Waals surface area contributed by atoms with Gasteiger partial charge >= 0.3 is 0 Å². The van der Waals surface area contributed by atoms with Crippen molar-refractivity contribution >= 4 is 28.9 Å². The molecule has 0 radical (unpaired) electrons. The Morgan fingerprint density at radius 2 is 1.82 bits per heavy atom. The Bertz CT molecular complexity index is 858. The van der Waals surface area contributed by atoms with E-state index < -0.39 is 0 Å². The van der Waals surface area contributed by atoms with Gasteiger partial charge in [0.2, 0.25) is 5.91 Å². The van der Waals surface area contributed by atoms with Crippen LogP contribution in [0.25, 0.3) is 0 Å². The quantitative estimate of drug-likeness (QED) is 0.833. The molecule has 2 amide bonds. The van der Waals surface area contributed by atoms with Crippen molar-refractivity contribution in [1.29, 1.82) is 0 Å². The number of benzene rings is 2. The summed E-state index contributed by atoms with van der Waals surface area (Å²) in [4.78, 5) is 26.0. The minimum Gasteiger partial charge on any atom is -0.484 e. The van der Waals surface area contributed by atoms with Crippen LogP contribution in [0.1, 0.15) is 31.2 Å². The van der Waals surface area contributed by atoms with Crippen LogP contribution in [0.15, 0.2) is 42.5 Å². The van der Waals surface area contributed by atoms with Crippen LogP contribution < -0.4 is 20.3 Å². The van der Waals surface area contributed by atoms with Crippen LogP contribution in [0.5, 0.6) is 5.75 Å². The fourth-order valence-electron chi connectivity index (χ4n) is 3.70. The first-order valence-corrected chi connectivity index (χ1v) is 9.88. The first kappa shape index (κ1) is 18.3. The van der Waals surface area contributed by atoms with Crippen molar-refractivity contribution in [3.63, 3.8) is 0 Å². The summed E-state index contributed by atoms with van der Waals surface area (Å²) >= 11 is 0. The van der Waals surface area contributed by atoms with E-state index in [9.17, 15) is 9.59 Å². The van der Waals surface area contributed by atoms with Gasteiger partial charge in [-0.05, 0) is 73.7 Å². The molecule has 1 saturated heterocycles. The number of fused-ring (bicyclic) bond motifs is 1. The van der Waals surface area contributed by atoms with Crippen molar-refractivity contribution < 1.29 is 14.3 Å². The Balaban J connectivity index is 1.29. The van der Waals surface area contributed by atoms with E-state index in [0.29, 0.717) is 18.6 Å². The van der Waals surface area contributed by atoms with E-state index in [1.54, 1.807) is 6.07 Å². The average Bonchev–Trinajstić information content (AvgIpc) is 2.73. The van der Waals surface area contributed by atoms with Crippen molar-refractivity contribution in [2.75, 3.05) is 35.2 Å². The lowest BCUT2D eigenvalue weighted by Gasteiger charge is -2.28. The number of rotatable bonds is 5. The van der Waals surface area contributed by atoms with E-state index in [1.807, 2.05) is 24.3 Å². The van der Waals surface area contributed by atoms with E-state index in [2.05, 4.69) is 27.7 Å². The van der Waals surface area contributed by atoms with Gasteiger partial charge in [-0.15, -0.1) is 0 Å². The van der Waals surface area contributed by atoms with Gasteiger partial charge in [-0.1, -0.05) is 0 Å². The van der Waals surface area contributed by atoms with Crippen molar-refractivity contribution in [2.45, 2.75) is 32.1 Å². The smallest absolute Gasteiger partial charge is 0.262 e. The van der Waals surface area contributed by atoms with Gasteiger partial charge in [0.25, 0.3) is 5.91 Å². The third-order valence-electron chi connectivity index (χ3n) is 5.21. The molecule has 0 bridgehead atoms. The fraction of sp³-hybridized carbons (Fsp3) is 0.364. The van der Waals surface area contributed by atoms with E-state index in [1.165, 1.54) is 24.9 Å². The summed E-state index contributed by atoms with van der Waals surface area (Å²) in [6.45, 7) is 2.15. The number of carbonyl (C=O) groups is 2. The topological polar surface area (TPSA) is 70.7 Å². The molecule has 6 heteroatoms. The van der Waals surface area contributed by atoms with Gasteiger partial charge in [-0.2, -0.15) is 0 Å². The summed E-state index contributed by atoms with van der Waals surface area (Å²) in [6.07, 6.45) is 4.96. The molecule has 146 valence electrons. The predicted octanol–water partition coefficient (Wildman–Crippen LogP) is 3.58. The number of hydrogen-bond acceptors (Lipinski definition) is 4. The van der Waals surface area contributed by atoms with Crippen LogP contribution in [0.4, 0.5) is 17.1 Å². The van der Waals surface area contributed by atoms with E-state index >= 15 is 0 Å². The summed E-state index contributed by atoms with van der Waals surface area (Å²) in [5, 5.41) is 5.71. The van der Waals surface area contributed by atoms with Crippen molar-refractivity contribution in [1.82, 2.24) is 0 Å². The van der Waals surface area contributed by atoms with Gasteiger partial charge in [-0.3, -0.25) is 9.59 Å². The maximum absolute atomic E-state index is 12.2. The largest absolute Gasteiger partial charge is 0.484 e. The average molecular weight is 379 g/mol. The Morgan fingerprint density at radius 3 is 2.61 bits per heavy atom. The van der Waals surface area contributed by atoms with Crippen LogP contribution in [0, 0.1) is 0 Å². The molecule has 6 nitrogen and oxygen atoms in total. The first-order valence-electron chi connectivity index (χ1n) is 9.88. The van der Waals surface area contributed by atoms with E-state index in [-0.39, 0.29) is 18.4 Å². The summed E-state index contributed by atoms with van der Waals surface area (Å²) in [7, 11) is 0. The third kappa shape index (κ3) is 4.44. The molecule has 28 heavy (non-hydrogen) atoms. The van der Waals surface area contributed by atoms with Crippen LogP contribution in [0.2, 0.25) is 0 Å². The number of nitrogens with one attached hydrogen (secondary N) is 2. The van der Waals surface area contributed by atoms with E-state index in [0.717, 1.165) is 30.0 Å². The highest BCUT2D eigenvalue weighted by molar-refractivity contribution is 5.94. The van der Waals surface area contributed by atoms with Crippen molar-refractivity contribution in [3.8, 4) is 5.75 Å². The molecule has 4 rings (SSSR count). The molecule has 2 aliphatic rings. The van der Waals surface area contributed by atoms with Gasteiger partial charge < -0.3 is 20.3 Å². The normalized spacial score (nSPS) is 16.1. The van der Waals surface area contributed by atoms with Gasteiger partial charge in [0.1, 0.15) is 5.75 Å². The second-order valence-corrected chi connectivity index (χ2v) is 7.30. The second kappa shape index (κ2) is 8.33. The lowest BCUT2D eigenvalue weighted by molar-refractivity contribution is -0.118. The molecule has 0 saturated carbocycles. The Hall–Kier alpha value is -3.02. The van der Waals surface area contributed by atoms with Gasteiger partial charge in [0.15, 0.2) is 6.61 Å². The van der Waals surface area contributed by atoms with Crippen LogP contribution in [0.3, 0.4) is 0 Å². The zero-order chi connectivity index (χ0) is 19.3. The maximum Gasteiger partial charge on any atom is 0.262 e. The molecule has 0 spiro atoms. The molecule has 0 aromatic heterocycles. The van der Waals surface area contributed by atoms with Gasteiger partial charge in [-0.25, -0.2) is 0 Å². The Labute approximate surface area is 164 Å². The number of amides is 2. The van der Waals surface area contributed by atoms with E-state index in [4.69, 9.17) is 4.74 Å². The molecule has 2 aromatic carbocycles. The molecule has 2 heterocycles. The lowest BCUT2D eigenvalue weighted by atomic mass is 10.0. The Kier molecular flexibility index (Phi) is 5.46. The lowest BCUT2D eigenvalue weighted by Crippen LogP contribution is -2.29. The minimum atomic E-state index is -0.197. The number of carbonyl (C=O) groups excluding carboxylic acids is 2. The zero-order valence-corrected chi connectivity index (χ0v) is 15.9. The number of hydrogen-bond donors (Lipinski definition) is 2. The molecule has 0 atom stereocenters. The predicted molar refractivity (Wildman–Crippen MR) is 110 cm³/mol. The highest BCUT2D eigenvalue weighted by Crippen LogP contribution is 2.27. The zero-order valence-electron chi connectivity index (χ0n) is 15.9.